The van der Waals surface area contributed by atoms with Crippen molar-refractivity contribution < 1.29 is 24.1 Å². The highest BCUT2D eigenvalue weighted by Gasteiger charge is 2.33. The molecule has 0 aliphatic rings. The van der Waals surface area contributed by atoms with E-state index in [2.05, 4.69) is 6.92 Å². The van der Waals surface area contributed by atoms with Crippen molar-refractivity contribution in [3.8, 4) is 23.0 Å². The SMILES string of the molecule is CCCCCCCCOc1ccc(C(C)(O)c2c(OC)cc(OC)cc2OC)cc1. The summed E-state index contributed by atoms with van der Waals surface area (Å²) in [6.45, 7) is 4.67. The Bertz CT molecular complexity index is 743. The molecule has 2 aromatic rings. The molecule has 0 aliphatic carbocycles. The number of hydrogen-bond acceptors (Lipinski definition) is 5. The minimum Gasteiger partial charge on any atom is -0.496 e. The first-order chi connectivity index (χ1) is 14.5. The number of hydrogen-bond donors (Lipinski definition) is 1. The molecule has 2 aromatic carbocycles. The second-order valence-corrected chi connectivity index (χ2v) is 7.62. The molecule has 0 bridgehead atoms. The summed E-state index contributed by atoms with van der Waals surface area (Å²) < 4.78 is 22.2. The normalized spacial score (nSPS) is 12.9. The Morgan fingerprint density at radius 3 is 1.87 bits per heavy atom. The van der Waals surface area contributed by atoms with Crippen LogP contribution in [0.25, 0.3) is 0 Å². The number of rotatable bonds is 13. The third-order valence-electron chi connectivity index (χ3n) is 5.38. The van der Waals surface area contributed by atoms with Gasteiger partial charge in [-0.1, -0.05) is 51.2 Å². The molecule has 166 valence electrons. The Morgan fingerprint density at radius 2 is 1.33 bits per heavy atom. The molecule has 0 fully saturated rings. The van der Waals surface area contributed by atoms with Crippen molar-refractivity contribution in [2.45, 2.75) is 58.0 Å². The van der Waals surface area contributed by atoms with Crippen LogP contribution in [0.15, 0.2) is 36.4 Å². The van der Waals surface area contributed by atoms with E-state index in [1.54, 1.807) is 40.4 Å². The molecular formula is C25H36O5. The minimum atomic E-state index is -1.32. The van der Waals surface area contributed by atoms with Crippen molar-refractivity contribution in [2.75, 3.05) is 27.9 Å². The molecular weight excluding hydrogens is 380 g/mol. The number of benzene rings is 2. The second-order valence-electron chi connectivity index (χ2n) is 7.62. The molecule has 0 amide bonds. The van der Waals surface area contributed by atoms with Gasteiger partial charge in [-0.25, -0.2) is 0 Å². The van der Waals surface area contributed by atoms with Crippen LogP contribution in [-0.2, 0) is 5.60 Å². The van der Waals surface area contributed by atoms with Gasteiger partial charge in [0.15, 0.2) is 0 Å². The van der Waals surface area contributed by atoms with Gasteiger partial charge >= 0.3 is 0 Å². The van der Waals surface area contributed by atoms with Gasteiger partial charge in [0.25, 0.3) is 0 Å². The van der Waals surface area contributed by atoms with Gasteiger partial charge in [-0.05, 0) is 31.0 Å². The number of aliphatic hydroxyl groups is 1. The van der Waals surface area contributed by atoms with Gasteiger partial charge in [-0.2, -0.15) is 0 Å². The Kier molecular flexibility index (Phi) is 9.31. The predicted octanol–water partition coefficient (Wildman–Crippen LogP) is 5.71. The van der Waals surface area contributed by atoms with Crippen LogP contribution < -0.4 is 18.9 Å². The smallest absolute Gasteiger partial charge is 0.132 e. The second kappa shape index (κ2) is 11.7. The average molecular weight is 417 g/mol. The first kappa shape index (κ1) is 23.9. The summed E-state index contributed by atoms with van der Waals surface area (Å²) in [5.41, 5.74) is -0.0500. The molecule has 0 spiro atoms. The predicted molar refractivity (Wildman–Crippen MR) is 120 cm³/mol. The van der Waals surface area contributed by atoms with Gasteiger partial charge in [-0.15, -0.1) is 0 Å². The van der Waals surface area contributed by atoms with Crippen molar-refractivity contribution >= 4 is 0 Å². The molecule has 0 saturated carbocycles. The maximum atomic E-state index is 11.4. The standard InChI is InChI=1S/C25H36O5/c1-6-7-8-9-10-11-16-30-20-14-12-19(13-15-20)25(2,26)24-22(28-4)17-21(27-3)18-23(24)29-5/h12-15,17-18,26H,6-11,16H2,1-5H3. The van der Waals surface area contributed by atoms with Crippen LogP contribution in [-0.4, -0.2) is 33.0 Å². The maximum Gasteiger partial charge on any atom is 0.132 e. The Hall–Kier alpha value is -2.40. The molecule has 1 N–H and O–H groups in total. The van der Waals surface area contributed by atoms with Gasteiger partial charge < -0.3 is 24.1 Å². The minimum absolute atomic E-state index is 0.500. The molecule has 0 aromatic heterocycles. The molecule has 30 heavy (non-hydrogen) atoms. The molecule has 0 radical (unpaired) electrons. The van der Waals surface area contributed by atoms with E-state index in [4.69, 9.17) is 18.9 Å². The van der Waals surface area contributed by atoms with Crippen LogP contribution in [0.2, 0.25) is 0 Å². The fraction of sp³-hybridized carbons (Fsp3) is 0.520. The van der Waals surface area contributed by atoms with Crippen LogP contribution in [0.3, 0.4) is 0 Å². The van der Waals surface area contributed by atoms with Crippen LogP contribution in [0.4, 0.5) is 0 Å². The van der Waals surface area contributed by atoms with Gasteiger partial charge in [0.1, 0.15) is 28.6 Å². The molecule has 5 heteroatoms. The lowest BCUT2D eigenvalue weighted by Crippen LogP contribution is -2.24. The summed E-state index contributed by atoms with van der Waals surface area (Å²) in [6, 6.07) is 11.0. The molecule has 2 rings (SSSR count). The number of ether oxygens (including phenoxy) is 4. The van der Waals surface area contributed by atoms with Crippen molar-refractivity contribution in [3.63, 3.8) is 0 Å². The largest absolute Gasteiger partial charge is 0.496 e. The van der Waals surface area contributed by atoms with Gasteiger partial charge in [0.2, 0.25) is 0 Å². The van der Waals surface area contributed by atoms with Gasteiger partial charge in [0, 0.05) is 12.1 Å². The highest BCUT2D eigenvalue weighted by atomic mass is 16.5. The lowest BCUT2D eigenvalue weighted by molar-refractivity contribution is 0.0953. The van der Waals surface area contributed by atoms with Crippen molar-refractivity contribution in [1.82, 2.24) is 0 Å². The Balaban J connectivity index is 2.10. The monoisotopic (exact) mass is 416 g/mol. The van der Waals surface area contributed by atoms with E-state index in [9.17, 15) is 5.11 Å². The van der Waals surface area contributed by atoms with Crippen LogP contribution in [0.1, 0.15) is 63.5 Å². The number of methoxy groups -OCH3 is 3. The van der Waals surface area contributed by atoms with Gasteiger partial charge in [-0.3, -0.25) is 0 Å². The fourth-order valence-corrected chi connectivity index (χ4v) is 3.58. The quantitative estimate of drug-likeness (QED) is 0.424. The van der Waals surface area contributed by atoms with E-state index in [-0.39, 0.29) is 0 Å². The van der Waals surface area contributed by atoms with Crippen LogP contribution >= 0.6 is 0 Å². The zero-order chi connectivity index (χ0) is 22.0. The third-order valence-corrected chi connectivity index (χ3v) is 5.38. The molecule has 0 aliphatic heterocycles. The zero-order valence-electron chi connectivity index (χ0n) is 19.0. The summed E-state index contributed by atoms with van der Waals surface area (Å²) in [5, 5.41) is 11.4. The van der Waals surface area contributed by atoms with E-state index in [1.165, 1.54) is 32.1 Å². The third kappa shape index (κ3) is 6.05. The molecule has 5 nitrogen and oxygen atoms in total. The maximum absolute atomic E-state index is 11.4. The van der Waals surface area contributed by atoms with E-state index in [0.29, 0.717) is 29.4 Å². The van der Waals surface area contributed by atoms with E-state index < -0.39 is 5.60 Å². The molecule has 1 unspecified atom stereocenters. The first-order valence-electron chi connectivity index (χ1n) is 10.7. The highest BCUT2D eigenvalue weighted by molar-refractivity contribution is 5.56. The Morgan fingerprint density at radius 1 is 0.767 bits per heavy atom. The fourth-order valence-electron chi connectivity index (χ4n) is 3.58. The summed E-state index contributed by atoms with van der Waals surface area (Å²) >= 11 is 0. The number of unbranched alkanes of at least 4 members (excludes halogenated alkanes) is 5. The molecule has 0 heterocycles. The van der Waals surface area contributed by atoms with E-state index in [1.807, 2.05) is 24.3 Å². The average Bonchev–Trinajstić information content (AvgIpc) is 2.77. The lowest BCUT2D eigenvalue weighted by atomic mass is 9.86. The first-order valence-corrected chi connectivity index (χ1v) is 10.7. The topological polar surface area (TPSA) is 57.2 Å². The van der Waals surface area contributed by atoms with Gasteiger partial charge in [0.05, 0.1) is 33.5 Å². The highest BCUT2D eigenvalue weighted by Crippen LogP contribution is 2.44. The van der Waals surface area contributed by atoms with Crippen LogP contribution in [0.5, 0.6) is 23.0 Å². The summed E-state index contributed by atoms with van der Waals surface area (Å²) in [6.07, 6.45) is 7.41. The van der Waals surface area contributed by atoms with Crippen molar-refractivity contribution in [2.24, 2.45) is 0 Å². The lowest BCUT2D eigenvalue weighted by Gasteiger charge is -2.28. The van der Waals surface area contributed by atoms with Crippen LogP contribution in [0, 0.1) is 0 Å². The summed E-state index contributed by atoms with van der Waals surface area (Å²) in [5.74, 6) is 2.40. The summed E-state index contributed by atoms with van der Waals surface area (Å²) in [4.78, 5) is 0. The van der Waals surface area contributed by atoms with Crippen molar-refractivity contribution in [1.29, 1.82) is 0 Å². The zero-order valence-corrected chi connectivity index (χ0v) is 19.0. The molecule has 1 atom stereocenters. The van der Waals surface area contributed by atoms with E-state index >= 15 is 0 Å². The Labute approximate surface area is 180 Å². The van der Waals surface area contributed by atoms with Crippen molar-refractivity contribution in [3.05, 3.63) is 47.5 Å². The molecule has 0 saturated heterocycles. The summed E-state index contributed by atoms with van der Waals surface area (Å²) in [7, 11) is 4.70. The van der Waals surface area contributed by atoms with E-state index in [0.717, 1.165) is 17.7 Å².